The highest BCUT2D eigenvalue weighted by atomic mass is 35.5. The minimum Gasteiger partial charge on any atom is -0.481 e. The molecule has 1 fully saturated rings. The molecular formula is C25H23ClN6O3. The number of ether oxygens (including phenoxy) is 1. The Morgan fingerprint density at radius 1 is 0.943 bits per heavy atom. The van der Waals surface area contributed by atoms with Gasteiger partial charge in [0.25, 0.3) is 0 Å². The molecule has 0 unspecified atom stereocenters. The lowest BCUT2D eigenvalue weighted by atomic mass is 9.85. The number of nitrogens with zero attached hydrogens (tertiary/aromatic N) is 5. The maximum absolute atomic E-state index is 10.9. The van der Waals surface area contributed by atoms with E-state index in [-0.39, 0.29) is 18.4 Å². The first-order valence-corrected chi connectivity index (χ1v) is 11.8. The Balaban J connectivity index is 1.20. The SMILES string of the molecule is O=C(O)CC1CCC(Oc2ncc(-c3ccc(-c4n[nH]c(-c5ccc(Cl)cc5)n4)cn3)cn2)CC1. The predicted molar refractivity (Wildman–Crippen MR) is 130 cm³/mol. The lowest BCUT2D eigenvalue weighted by Gasteiger charge is -2.27. The average Bonchev–Trinajstić information content (AvgIpc) is 3.36. The fourth-order valence-electron chi connectivity index (χ4n) is 4.18. The predicted octanol–water partition coefficient (Wildman–Crippen LogP) is 5.06. The van der Waals surface area contributed by atoms with Crippen molar-refractivity contribution in [3.8, 4) is 40.0 Å². The zero-order valence-electron chi connectivity index (χ0n) is 18.8. The lowest BCUT2D eigenvalue weighted by Crippen LogP contribution is -2.25. The number of aromatic nitrogens is 6. The van der Waals surface area contributed by atoms with Crippen molar-refractivity contribution in [1.29, 1.82) is 0 Å². The molecule has 0 aliphatic heterocycles. The van der Waals surface area contributed by atoms with Gasteiger partial charge in [0.05, 0.1) is 5.69 Å². The van der Waals surface area contributed by atoms with Gasteiger partial charge in [-0.1, -0.05) is 11.6 Å². The van der Waals surface area contributed by atoms with Crippen LogP contribution in [-0.4, -0.2) is 47.3 Å². The van der Waals surface area contributed by atoms with E-state index in [0.29, 0.717) is 22.7 Å². The molecule has 2 N–H and O–H groups in total. The number of benzene rings is 1. The monoisotopic (exact) mass is 490 g/mol. The molecule has 1 aromatic carbocycles. The van der Waals surface area contributed by atoms with Crippen molar-refractivity contribution in [3.63, 3.8) is 0 Å². The van der Waals surface area contributed by atoms with E-state index in [0.717, 1.165) is 48.1 Å². The molecule has 178 valence electrons. The maximum Gasteiger partial charge on any atom is 0.316 e. The highest BCUT2D eigenvalue weighted by molar-refractivity contribution is 6.30. The van der Waals surface area contributed by atoms with Crippen LogP contribution in [0.3, 0.4) is 0 Å². The molecule has 0 saturated heterocycles. The number of nitrogens with one attached hydrogen (secondary N) is 1. The maximum atomic E-state index is 10.9. The van der Waals surface area contributed by atoms with Gasteiger partial charge in [-0.05, 0) is 68.0 Å². The standard InChI is InChI=1S/C25H23ClN6O3/c26-19-6-3-16(4-7-19)23-30-24(32-31-23)17-5-10-21(27-12-17)18-13-28-25(29-14-18)35-20-8-1-15(2-9-20)11-22(33)34/h3-7,10,12-15,20H,1-2,8-9,11H2,(H,33,34)(H,30,31,32). The molecule has 5 rings (SSSR count). The van der Waals surface area contributed by atoms with Crippen LogP contribution in [0.5, 0.6) is 6.01 Å². The van der Waals surface area contributed by atoms with E-state index in [4.69, 9.17) is 21.4 Å². The van der Waals surface area contributed by atoms with E-state index >= 15 is 0 Å². The lowest BCUT2D eigenvalue weighted by molar-refractivity contribution is -0.138. The summed E-state index contributed by atoms with van der Waals surface area (Å²) in [6, 6.07) is 11.5. The number of aromatic amines is 1. The highest BCUT2D eigenvalue weighted by Gasteiger charge is 2.24. The second-order valence-corrected chi connectivity index (χ2v) is 9.00. The van der Waals surface area contributed by atoms with Crippen molar-refractivity contribution in [2.45, 2.75) is 38.2 Å². The zero-order chi connectivity index (χ0) is 24.2. The number of carboxylic acid groups (broad SMARTS) is 1. The number of hydrogen-bond acceptors (Lipinski definition) is 7. The second kappa shape index (κ2) is 10.2. The van der Waals surface area contributed by atoms with Gasteiger partial charge in [-0.25, -0.2) is 15.0 Å². The third kappa shape index (κ3) is 5.63. The van der Waals surface area contributed by atoms with Crippen molar-refractivity contribution in [1.82, 2.24) is 30.1 Å². The fourth-order valence-corrected chi connectivity index (χ4v) is 4.31. The summed E-state index contributed by atoms with van der Waals surface area (Å²) in [6.07, 6.45) is 8.64. The number of aliphatic carboxylic acids is 1. The molecule has 0 atom stereocenters. The van der Waals surface area contributed by atoms with Gasteiger partial charge in [-0.2, -0.15) is 5.10 Å². The summed E-state index contributed by atoms with van der Waals surface area (Å²) in [5, 5.41) is 16.8. The summed E-state index contributed by atoms with van der Waals surface area (Å²) in [7, 11) is 0. The first kappa shape index (κ1) is 22.9. The third-order valence-corrected chi connectivity index (χ3v) is 6.33. The van der Waals surface area contributed by atoms with Gasteiger partial charge in [-0.15, -0.1) is 0 Å². The van der Waals surface area contributed by atoms with Gasteiger partial charge in [-0.3, -0.25) is 14.9 Å². The second-order valence-electron chi connectivity index (χ2n) is 8.56. The molecule has 1 aliphatic carbocycles. The molecule has 3 heterocycles. The van der Waals surface area contributed by atoms with Crippen LogP contribution in [0.25, 0.3) is 34.0 Å². The van der Waals surface area contributed by atoms with Gasteiger partial charge in [0.15, 0.2) is 11.6 Å². The first-order valence-electron chi connectivity index (χ1n) is 11.4. The van der Waals surface area contributed by atoms with Gasteiger partial charge in [0.2, 0.25) is 0 Å². The Hall–Kier alpha value is -3.85. The minimum atomic E-state index is -0.738. The number of carboxylic acids is 1. The number of pyridine rings is 1. The largest absolute Gasteiger partial charge is 0.481 e. The molecule has 9 nitrogen and oxygen atoms in total. The van der Waals surface area contributed by atoms with Crippen LogP contribution in [0, 0.1) is 5.92 Å². The fraction of sp³-hybridized carbons (Fsp3) is 0.280. The molecule has 35 heavy (non-hydrogen) atoms. The van der Waals surface area contributed by atoms with Crippen LogP contribution < -0.4 is 4.74 Å². The summed E-state index contributed by atoms with van der Waals surface area (Å²) in [5.41, 5.74) is 3.17. The van der Waals surface area contributed by atoms with E-state index in [1.54, 1.807) is 30.7 Å². The van der Waals surface area contributed by atoms with Crippen molar-refractivity contribution in [2.75, 3.05) is 0 Å². The van der Waals surface area contributed by atoms with Crippen LogP contribution >= 0.6 is 11.6 Å². The van der Waals surface area contributed by atoms with E-state index in [1.807, 2.05) is 24.3 Å². The molecule has 0 spiro atoms. The number of hydrogen-bond donors (Lipinski definition) is 2. The van der Waals surface area contributed by atoms with Gasteiger partial charge < -0.3 is 9.84 Å². The molecule has 1 aliphatic rings. The van der Waals surface area contributed by atoms with Crippen LogP contribution in [-0.2, 0) is 4.79 Å². The third-order valence-electron chi connectivity index (χ3n) is 6.08. The molecule has 4 aromatic rings. The van der Waals surface area contributed by atoms with Crippen LogP contribution in [0.15, 0.2) is 55.0 Å². The Bertz CT molecular complexity index is 1280. The van der Waals surface area contributed by atoms with Crippen LogP contribution in [0.2, 0.25) is 5.02 Å². The van der Waals surface area contributed by atoms with Gasteiger partial charge in [0.1, 0.15) is 6.10 Å². The van der Waals surface area contributed by atoms with E-state index in [2.05, 4.69) is 30.1 Å². The Morgan fingerprint density at radius 3 is 2.29 bits per heavy atom. The number of carbonyl (C=O) groups is 1. The Morgan fingerprint density at radius 2 is 1.63 bits per heavy atom. The molecule has 0 amide bonds. The van der Waals surface area contributed by atoms with Crippen molar-refractivity contribution < 1.29 is 14.6 Å². The summed E-state index contributed by atoms with van der Waals surface area (Å²) >= 11 is 5.95. The molecule has 0 radical (unpaired) electrons. The first-order chi connectivity index (χ1) is 17.0. The molecule has 1 saturated carbocycles. The summed E-state index contributed by atoms with van der Waals surface area (Å²) < 4.78 is 5.90. The van der Waals surface area contributed by atoms with Crippen molar-refractivity contribution in [2.24, 2.45) is 5.92 Å². The van der Waals surface area contributed by atoms with E-state index in [9.17, 15) is 4.79 Å². The summed E-state index contributed by atoms with van der Waals surface area (Å²) in [4.78, 5) is 28.6. The highest BCUT2D eigenvalue weighted by Crippen LogP contribution is 2.29. The topological polar surface area (TPSA) is 127 Å². The summed E-state index contributed by atoms with van der Waals surface area (Å²) in [6.45, 7) is 0. The van der Waals surface area contributed by atoms with E-state index in [1.165, 1.54) is 0 Å². The molecule has 10 heteroatoms. The van der Waals surface area contributed by atoms with Crippen molar-refractivity contribution in [3.05, 3.63) is 60.0 Å². The van der Waals surface area contributed by atoms with Gasteiger partial charge >= 0.3 is 12.0 Å². The molecule has 3 aromatic heterocycles. The number of halogens is 1. The quantitative estimate of drug-likeness (QED) is 0.368. The molecule has 0 bridgehead atoms. The number of H-pyrrole nitrogens is 1. The normalized spacial score (nSPS) is 17.7. The molecular weight excluding hydrogens is 468 g/mol. The van der Waals surface area contributed by atoms with Crippen LogP contribution in [0.1, 0.15) is 32.1 Å². The number of rotatable bonds is 7. The summed E-state index contributed by atoms with van der Waals surface area (Å²) in [5.74, 6) is 0.691. The van der Waals surface area contributed by atoms with Crippen molar-refractivity contribution >= 4 is 17.6 Å². The smallest absolute Gasteiger partial charge is 0.316 e. The Labute approximate surface area is 206 Å². The average molecular weight is 491 g/mol. The van der Waals surface area contributed by atoms with Crippen LogP contribution in [0.4, 0.5) is 0 Å². The Kier molecular flexibility index (Phi) is 6.67. The zero-order valence-corrected chi connectivity index (χ0v) is 19.5. The van der Waals surface area contributed by atoms with E-state index < -0.39 is 5.97 Å². The van der Waals surface area contributed by atoms with Gasteiger partial charge in [0, 0.05) is 46.7 Å². The minimum absolute atomic E-state index is 0.0161.